The molecule has 0 aromatic heterocycles. The quantitative estimate of drug-likeness (QED) is 0.767. The molecule has 1 aliphatic carbocycles. The number of nitrogens with zero attached hydrogens (tertiary/aromatic N) is 1. The Labute approximate surface area is 128 Å². The molecule has 1 aromatic rings. The van der Waals surface area contributed by atoms with Gasteiger partial charge in [0, 0.05) is 18.1 Å². The molecule has 114 valence electrons. The number of carboxylic acids is 1. The molecule has 21 heavy (non-hydrogen) atoms. The summed E-state index contributed by atoms with van der Waals surface area (Å²) in [4.78, 5) is 24.4. The van der Waals surface area contributed by atoms with E-state index >= 15 is 0 Å². The second kappa shape index (κ2) is 7.43. The SMILES string of the molecule is O=C(O)CN(CC(=O)NCc1ccccc1Cl)CC1CC1. The monoisotopic (exact) mass is 310 g/mol. The number of carbonyl (C=O) groups excluding carboxylic acids is 1. The molecule has 0 spiro atoms. The van der Waals surface area contributed by atoms with Crippen molar-refractivity contribution in [3.63, 3.8) is 0 Å². The normalized spacial score (nSPS) is 14.2. The summed E-state index contributed by atoms with van der Waals surface area (Å²) in [6.45, 7) is 1.03. The van der Waals surface area contributed by atoms with E-state index in [4.69, 9.17) is 16.7 Å². The molecule has 0 heterocycles. The molecule has 0 saturated heterocycles. The van der Waals surface area contributed by atoms with Gasteiger partial charge in [-0.1, -0.05) is 29.8 Å². The topological polar surface area (TPSA) is 69.6 Å². The number of rotatable bonds is 8. The maximum absolute atomic E-state index is 11.9. The van der Waals surface area contributed by atoms with Crippen LogP contribution in [-0.2, 0) is 16.1 Å². The largest absolute Gasteiger partial charge is 0.480 e. The van der Waals surface area contributed by atoms with Gasteiger partial charge in [0.25, 0.3) is 0 Å². The molecular weight excluding hydrogens is 292 g/mol. The summed E-state index contributed by atoms with van der Waals surface area (Å²) in [7, 11) is 0. The van der Waals surface area contributed by atoms with E-state index in [2.05, 4.69) is 5.32 Å². The summed E-state index contributed by atoms with van der Waals surface area (Å²) in [6.07, 6.45) is 2.24. The highest BCUT2D eigenvalue weighted by Crippen LogP contribution is 2.29. The van der Waals surface area contributed by atoms with Gasteiger partial charge in [-0.05, 0) is 30.4 Å². The molecule has 6 heteroatoms. The highest BCUT2D eigenvalue weighted by Gasteiger charge is 2.26. The molecule has 1 amide bonds. The Bertz CT molecular complexity index is 517. The number of carbonyl (C=O) groups is 2. The lowest BCUT2D eigenvalue weighted by Gasteiger charge is -2.19. The third-order valence-electron chi connectivity index (χ3n) is 3.37. The lowest BCUT2D eigenvalue weighted by atomic mass is 10.2. The molecule has 0 radical (unpaired) electrons. The summed E-state index contributed by atoms with van der Waals surface area (Å²) < 4.78 is 0. The summed E-state index contributed by atoms with van der Waals surface area (Å²) in [5, 5.41) is 12.3. The van der Waals surface area contributed by atoms with Crippen molar-refractivity contribution in [1.82, 2.24) is 10.2 Å². The highest BCUT2D eigenvalue weighted by atomic mass is 35.5. The number of benzene rings is 1. The van der Waals surface area contributed by atoms with Gasteiger partial charge >= 0.3 is 5.97 Å². The van der Waals surface area contributed by atoms with E-state index in [0.29, 0.717) is 24.0 Å². The van der Waals surface area contributed by atoms with Crippen LogP contribution >= 0.6 is 11.6 Å². The van der Waals surface area contributed by atoms with Gasteiger partial charge in [-0.15, -0.1) is 0 Å². The Kier molecular flexibility index (Phi) is 5.59. The van der Waals surface area contributed by atoms with Gasteiger partial charge < -0.3 is 10.4 Å². The van der Waals surface area contributed by atoms with Gasteiger partial charge in [0.2, 0.25) is 5.91 Å². The van der Waals surface area contributed by atoms with Crippen LogP contribution < -0.4 is 5.32 Å². The average molecular weight is 311 g/mol. The fourth-order valence-corrected chi connectivity index (χ4v) is 2.34. The minimum Gasteiger partial charge on any atom is -0.480 e. The van der Waals surface area contributed by atoms with Crippen LogP contribution in [0.25, 0.3) is 0 Å². The van der Waals surface area contributed by atoms with Crippen LogP contribution in [0.3, 0.4) is 0 Å². The van der Waals surface area contributed by atoms with Crippen LogP contribution in [-0.4, -0.2) is 41.5 Å². The van der Waals surface area contributed by atoms with Crippen LogP contribution in [0.4, 0.5) is 0 Å². The van der Waals surface area contributed by atoms with Crippen molar-refractivity contribution in [3.8, 4) is 0 Å². The Hall–Kier alpha value is -1.59. The molecular formula is C15H19ClN2O3. The Morgan fingerprint density at radius 2 is 2.00 bits per heavy atom. The Morgan fingerprint density at radius 1 is 1.29 bits per heavy atom. The van der Waals surface area contributed by atoms with Crippen molar-refractivity contribution >= 4 is 23.5 Å². The van der Waals surface area contributed by atoms with Gasteiger partial charge in [-0.25, -0.2) is 0 Å². The first-order chi connectivity index (χ1) is 10.0. The second-order valence-corrected chi connectivity index (χ2v) is 5.78. The molecule has 1 saturated carbocycles. The maximum atomic E-state index is 11.9. The standard InChI is InChI=1S/C15H19ClN2O3/c16-13-4-2-1-3-12(13)7-17-14(19)9-18(10-15(20)21)8-11-5-6-11/h1-4,11H,5-10H2,(H,17,19)(H,20,21). The number of amides is 1. The molecule has 0 atom stereocenters. The van der Waals surface area contributed by atoms with E-state index in [-0.39, 0.29) is 19.0 Å². The number of carboxylic acid groups (broad SMARTS) is 1. The number of nitrogens with one attached hydrogen (secondary N) is 1. The molecule has 1 fully saturated rings. The molecule has 5 nitrogen and oxygen atoms in total. The number of hydrogen-bond donors (Lipinski definition) is 2. The first-order valence-corrected chi connectivity index (χ1v) is 7.36. The zero-order valence-corrected chi connectivity index (χ0v) is 12.5. The zero-order chi connectivity index (χ0) is 15.2. The molecule has 0 bridgehead atoms. The van der Waals surface area contributed by atoms with E-state index in [1.165, 1.54) is 0 Å². The van der Waals surface area contributed by atoms with Crippen LogP contribution in [0.2, 0.25) is 5.02 Å². The smallest absolute Gasteiger partial charge is 0.317 e. The minimum atomic E-state index is -0.908. The van der Waals surface area contributed by atoms with Crippen LogP contribution in [0.5, 0.6) is 0 Å². The average Bonchev–Trinajstić information content (AvgIpc) is 3.21. The molecule has 0 unspecified atom stereocenters. The van der Waals surface area contributed by atoms with Crippen molar-refractivity contribution in [2.75, 3.05) is 19.6 Å². The third kappa shape index (κ3) is 5.73. The molecule has 2 rings (SSSR count). The van der Waals surface area contributed by atoms with Crippen LogP contribution in [0, 0.1) is 5.92 Å². The predicted molar refractivity (Wildman–Crippen MR) is 80.1 cm³/mol. The number of halogens is 1. The van der Waals surface area contributed by atoms with E-state index in [0.717, 1.165) is 18.4 Å². The highest BCUT2D eigenvalue weighted by molar-refractivity contribution is 6.31. The summed E-state index contributed by atoms with van der Waals surface area (Å²) >= 11 is 6.02. The van der Waals surface area contributed by atoms with Crippen molar-refractivity contribution < 1.29 is 14.7 Å². The summed E-state index contributed by atoms with van der Waals surface area (Å²) in [5.41, 5.74) is 0.847. The maximum Gasteiger partial charge on any atom is 0.317 e. The summed E-state index contributed by atoms with van der Waals surface area (Å²) in [5.74, 6) is -0.549. The Balaban J connectivity index is 1.81. The van der Waals surface area contributed by atoms with E-state index in [1.807, 2.05) is 18.2 Å². The fraction of sp³-hybridized carbons (Fsp3) is 0.467. The zero-order valence-electron chi connectivity index (χ0n) is 11.7. The van der Waals surface area contributed by atoms with E-state index in [1.54, 1.807) is 11.0 Å². The first kappa shape index (κ1) is 15.8. The first-order valence-electron chi connectivity index (χ1n) is 6.99. The van der Waals surface area contributed by atoms with E-state index < -0.39 is 5.97 Å². The molecule has 2 N–H and O–H groups in total. The number of aliphatic carboxylic acids is 1. The van der Waals surface area contributed by atoms with Gasteiger partial charge in [0.05, 0.1) is 13.1 Å². The van der Waals surface area contributed by atoms with Crippen molar-refractivity contribution in [3.05, 3.63) is 34.9 Å². The van der Waals surface area contributed by atoms with Gasteiger partial charge in [-0.2, -0.15) is 0 Å². The van der Waals surface area contributed by atoms with Crippen molar-refractivity contribution in [1.29, 1.82) is 0 Å². The van der Waals surface area contributed by atoms with Gasteiger partial charge in [0.15, 0.2) is 0 Å². The minimum absolute atomic E-state index is 0.101. The lowest BCUT2D eigenvalue weighted by Crippen LogP contribution is -2.40. The molecule has 1 aliphatic rings. The van der Waals surface area contributed by atoms with Crippen molar-refractivity contribution in [2.24, 2.45) is 5.92 Å². The molecule has 0 aliphatic heterocycles. The third-order valence-corrected chi connectivity index (χ3v) is 3.74. The van der Waals surface area contributed by atoms with Crippen LogP contribution in [0.1, 0.15) is 18.4 Å². The Morgan fingerprint density at radius 3 is 2.62 bits per heavy atom. The van der Waals surface area contributed by atoms with Gasteiger partial charge in [-0.3, -0.25) is 14.5 Å². The number of hydrogen-bond acceptors (Lipinski definition) is 3. The summed E-state index contributed by atoms with van der Waals surface area (Å²) in [6, 6.07) is 7.31. The van der Waals surface area contributed by atoms with Crippen LogP contribution in [0.15, 0.2) is 24.3 Å². The van der Waals surface area contributed by atoms with E-state index in [9.17, 15) is 9.59 Å². The predicted octanol–water partition coefficient (Wildman–Crippen LogP) is 1.75. The fourth-order valence-electron chi connectivity index (χ4n) is 2.14. The molecule has 1 aromatic carbocycles. The van der Waals surface area contributed by atoms with Gasteiger partial charge in [0.1, 0.15) is 0 Å². The lowest BCUT2D eigenvalue weighted by molar-refractivity contribution is -0.138. The second-order valence-electron chi connectivity index (χ2n) is 5.37. The van der Waals surface area contributed by atoms with Crippen molar-refractivity contribution in [2.45, 2.75) is 19.4 Å².